The van der Waals surface area contributed by atoms with Crippen LogP contribution in [0.3, 0.4) is 0 Å². The van der Waals surface area contributed by atoms with Gasteiger partial charge in [-0.3, -0.25) is 4.21 Å². The monoisotopic (exact) mass is 364 g/mol. The van der Waals surface area contributed by atoms with Crippen molar-refractivity contribution < 1.29 is 14.1 Å². The Kier molecular flexibility index (Phi) is 4.74. The Morgan fingerprint density at radius 1 is 1.04 bits per heavy atom. The van der Waals surface area contributed by atoms with E-state index in [1.54, 1.807) is 12.1 Å². The van der Waals surface area contributed by atoms with Crippen LogP contribution >= 0.6 is 0 Å². The molecule has 3 aromatic rings. The smallest absolute Gasteiger partial charge is 0.351 e. The SMILES string of the molecule is [C-]#[N+]c1c(-c2ccc(-c3ccccc3)cc2)c(C(=O)O)n(C)c1S(C)=O. The molecular formula is C20H16N2O3S. The fraction of sp³-hybridized carbons (Fsp3) is 0.100. The Bertz CT molecular complexity index is 1050. The highest BCUT2D eigenvalue weighted by Gasteiger charge is 2.28. The van der Waals surface area contributed by atoms with Crippen molar-refractivity contribution in [1.29, 1.82) is 0 Å². The van der Waals surface area contributed by atoms with Gasteiger partial charge in [-0.15, -0.1) is 0 Å². The lowest BCUT2D eigenvalue weighted by molar-refractivity contribution is 0.0686. The van der Waals surface area contributed by atoms with Crippen LogP contribution in [-0.4, -0.2) is 26.1 Å². The number of hydrogen-bond acceptors (Lipinski definition) is 2. The van der Waals surface area contributed by atoms with Gasteiger partial charge in [-0.25, -0.2) is 9.64 Å². The highest BCUT2D eigenvalue weighted by atomic mass is 32.2. The molecule has 0 aliphatic carbocycles. The molecule has 26 heavy (non-hydrogen) atoms. The van der Waals surface area contributed by atoms with Crippen LogP contribution in [0.15, 0.2) is 59.6 Å². The van der Waals surface area contributed by atoms with Crippen LogP contribution in [0, 0.1) is 6.57 Å². The standard InChI is InChI=1S/C20H16N2O3S/c1-21-17-16(18(20(23)24)22(2)19(17)26(3)25)15-11-9-14(10-12-15)13-7-5-4-6-8-13/h4-12H,2-3H3,(H,23,24). The van der Waals surface area contributed by atoms with Crippen LogP contribution < -0.4 is 0 Å². The molecule has 0 fully saturated rings. The first-order valence-corrected chi connectivity index (χ1v) is 9.34. The van der Waals surface area contributed by atoms with Gasteiger partial charge in [-0.05, 0) is 16.7 Å². The molecule has 1 heterocycles. The van der Waals surface area contributed by atoms with Crippen LogP contribution in [0.4, 0.5) is 5.69 Å². The summed E-state index contributed by atoms with van der Waals surface area (Å²) >= 11 is 0. The largest absolute Gasteiger partial charge is 0.477 e. The van der Waals surface area contributed by atoms with Crippen molar-refractivity contribution in [2.45, 2.75) is 5.03 Å². The molecule has 0 aliphatic rings. The van der Waals surface area contributed by atoms with E-state index in [0.29, 0.717) is 11.1 Å². The van der Waals surface area contributed by atoms with Crippen LogP contribution in [0.1, 0.15) is 10.5 Å². The molecule has 0 saturated heterocycles. The molecular weight excluding hydrogens is 348 g/mol. The second kappa shape index (κ2) is 6.98. The van der Waals surface area contributed by atoms with E-state index in [-0.39, 0.29) is 16.4 Å². The van der Waals surface area contributed by atoms with Crippen molar-refractivity contribution in [2.75, 3.05) is 6.26 Å². The van der Waals surface area contributed by atoms with Gasteiger partial charge in [0.1, 0.15) is 10.7 Å². The van der Waals surface area contributed by atoms with E-state index in [4.69, 9.17) is 6.57 Å². The maximum absolute atomic E-state index is 12.1. The van der Waals surface area contributed by atoms with Crippen LogP contribution in [0.5, 0.6) is 0 Å². The number of aromatic carboxylic acids is 1. The second-order valence-corrected chi connectivity index (χ2v) is 7.05. The third kappa shape index (κ3) is 2.93. The van der Waals surface area contributed by atoms with Crippen LogP contribution in [0.25, 0.3) is 27.1 Å². The van der Waals surface area contributed by atoms with Gasteiger partial charge in [0.15, 0.2) is 0 Å². The highest BCUT2D eigenvalue weighted by molar-refractivity contribution is 7.84. The van der Waals surface area contributed by atoms with Crippen molar-refractivity contribution in [3.63, 3.8) is 0 Å². The number of nitrogens with zero attached hydrogens (tertiary/aromatic N) is 2. The molecule has 1 atom stereocenters. The Labute approximate surface area is 153 Å². The predicted octanol–water partition coefficient (Wildman–Crippen LogP) is 4.35. The van der Waals surface area contributed by atoms with E-state index in [2.05, 4.69) is 4.85 Å². The first-order valence-electron chi connectivity index (χ1n) is 7.78. The van der Waals surface area contributed by atoms with Gasteiger partial charge < -0.3 is 9.67 Å². The van der Waals surface area contributed by atoms with E-state index in [0.717, 1.165) is 11.1 Å². The fourth-order valence-corrected chi connectivity index (χ4v) is 3.96. The molecule has 0 saturated carbocycles. The van der Waals surface area contributed by atoms with Gasteiger partial charge in [0, 0.05) is 18.9 Å². The summed E-state index contributed by atoms with van der Waals surface area (Å²) in [5.41, 5.74) is 3.05. The van der Waals surface area contributed by atoms with Crippen molar-refractivity contribution in [3.8, 4) is 22.3 Å². The van der Waals surface area contributed by atoms with Gasteiger partial charge in [0.25, 0.3) is 0 Å². The third-order valence-corrected chi connectivity index (χ3v) is 5.20. The maximum Gasteiger partial charge on any atom is 0.351 e. The molecule has 3 rings (SSSR count). The molecule has 1 aromatic heterocycles. The molecule has 0 spiro atoms. The zero-order valence-electron chi connectivity index (χ0n) is 14.3. The van der Waals surface area contributed by atoms with E-state index in [1.165, 1.54) is 17.9 Å². The number of carboxylic acid groups (broad SMARTS) is 1. The molecule has 130 valence electrons. The molecule has 0 bridgehead atoms. The predicted molar refractivity (Wildman–Crippen MR) is 102 cm³/mol. The Hall–Kier alpha value is -3.17. The molecule has 0 aliphatic heterocycles. The summed E-state index contributed by atoms with van der Waals surface area (Å²) in [6.45, 7) is 7.48. The second-order valence-electron chi connectivity index (χ2n) is 5.75. The van der Waals surface area contributed by atoms with Gasteiger partial charge in [0.05, 0.1) is 17.4 Å². The Morgan fingerprint density at radius 3 is 2.08 bits per heavy atom. The van der Waals surface area contributed by atoms with E-state index in [9.17, 15) is 14.1 Å². The number of carboxylic acids is 1. The number of benzene rings is 2. The summed E-state index contributed by atoms with van der Waals surface area (Å²) in [5.74, 6) is -1.16. The van der Waals surface area contributed by atoms with Gasteiger partial charge >= 0.3 is 5.97 Å². The topological polar surface area (TPSA) is 63.7 Å². The number of carbonyl (C=O) groups is 1. The average molecular weight is 364 g/mol. The normalized spacial score (nSPS) is 11.7. The zero-order valence-corrected chi connectivity index (χ0v) is 15.1. The van der Waals surface area contributed by atoms with E-state index < -0.39 is 16.8 Å². The quantitative estimate of drug-likeness (QED) is 0.700. The first kappa shape index (κ1) is 17.6. The number of hydrogen-bond donors (Lipinski definition) is 1. The van der Waals surface area contributed by atoms with Gasteiger partial charge in [0.2, 0.25) is 5.69 Å². The number of aromatic nitrogens is 1. The maximum atomic E-state index is 12.1. The minimum atomic E-state index is -1.48. The highest BCUT2D eigenvalue weighted by Crippen LogP contribution is 2.41. The minimum absolute atomic E-state index is 0.0336. The molecule has 1 unspecified atom stereocenters. The summed E-state index contributed by atoms with van der Waals surface area (Å²) in [5, 5.41) is 9.85. The first-order chi connectivity index (χ1) is 12.5. The molecule has 6 heteroatoms. The molecule has 5 nitrogen and oxygen atoms in total. The summed E-state index contributed by atoms with van der Waals surface area (Å²) in [7, 11) is 0.0446. The van der Waals surface area contributed by atoms with Crippen molar-refractivity contribution >= 4 is 22.5 Å². The van der Waals surface area contributed by atoms with Crippen molar-refractivity contribution in [1.82, 2.24) is 4.57 Å². The summed E-state index contributed by atoms with van der Waals surface area (Å²) < 4.78 is 13.4. The van der Waals surface area contributed by atoms with Gasteiger partial charge in [-0.2, -0.15) is 0 Å². The lowest BCUT2D eigenvalue weighted by Crippen LogP contribution is -2.08. The third-order valence-electron chi connectivity index (χ3n) is 4.18. The van der Waals surface area contributed by atoms with E-state index >= 15 is 0 Å². The lowest BCUT2D eigenvalue weighted by Gasteiger charge is -2.06. The lowest BCUT2D eigenvalue weighted by atomic mass is 9.99. The summed E-state index contributed by atoms with van der Waals surface area (Å²) in [6.07, 6.45) is 1.44. The number of rotatable bonds is 4. The Morgan fingerprint density at radius 2 is 1.58 bits per heavy atom. The van der Waals surface area contributed by atoms with Gasteiger partial charge in [-0.1, -0.05) is 54.6 Å². The minimum Gasteiger partial charge on any atom is -0.477 e. The van der Waals surface area contributed by atoms with E-state index in [1.807, 2.05) is 42.5 Å². The zero-order chi connectivity index (χ0) is 18.8. The fourth-order valence-electron chi connectivity index (χ4n) is 3.06. The van der Waals surface area contributed by atoms with Crippen molar-refractivity contribution in [2.24, 2.45) is 7.05 Å². The Balaban J connectivity index is 2.21. The molecule has 2 aromatic carbocycles. The summed E-state index contributed by atoms with van der Waals surface area (Å²) in [4.78, 5) is 15.3. The molecule has 0 radical (unpaired) electrons. The summed E-state index contributed by atoms with van der Waals surface area (Å²) in [6, 6.07) is 17.2. The van der Waals surface area contributed by atoms with Crippen molar-refractivity contribution in [3.05, 3.63) is 71.7 Å². The molecule has 1 N–H and O–H groups in total. The average Bonchev–Trinajstić information content (AvgIpc) is 2.95. The molecule has 0 amide bonds. The van der Waals surface area contributed by atoms with Crippen LogP contribution in [0.2, 0.25) is 0 Å². The van der Waals surface area contributed by atoms with Crippen LogP contribution in [-0.2, 0) is 17.8 Å².